The predicted molar refractivity (Wildman–Crippen MR) is 48.1 cm³/mol. The minimum absolute atomic E-state index is 0.0408. The van der Waals surface area contributed by atoms with Gasteiger partial charge in [0.2, 0.25) is 5.91 Å². The monoisotopic (exact) mass is 183 g/mol. The van der Waals surface area contributed by atoms with Crippen molar-refractivity contribution in [2.45, 2.75) is 13.3 Å². The molecule has 0 saturated heterocycles. The predicted octanol–water partition coefficient (Wildman–Crippen LogP) is 0.179. The number of ketones is 1. The van der Waals surface area contributed by atoms with Gasteiger partial charge in [-0.1, -0.05) is 0 Å². The van der Waals surface area contributed by atoms with E-state index in [1.54, 1.807) is 7.05 Å². The van der Waals surface area contributed by atoms with Gasteiger partial charge >= 0.3 is 0 Å². The van der Waals surface area contributed by atoms with Crippen LogP contribution in [-0.4, -0.2) is 36.5 Å². The second kappa shape index (κ2) is 6.11. The first kappa shape index (κ1) is 11.6. The van der Waals surface area contributed by atoms with Crippen molar-refractivity contribution in [2.75, 3.05) is 13.6 Å². The van der Waals surface area contributed by atoms with Crippen LogP contribution in [0.1, 0.15) is 13.3 Å². The lowest BCUT2D eigenvalue weighted by Gasteiger charge is -2.13. The van der Waals surface area contributed by atoms with Crippen molar-refractivity contribution >= 4 is 18.0 Å². The third-order valence-corrected chi connectivity index (χ3v) is 1.49. The smallest absolute Gasteiger partial charge is 0.246 e. The maximum absolute atomic E-state index is 11.1. The van der Waals surface area contributed by atoms with Gasteiger partial charge in [-0.2, -0.15) is 0 Å². The van der Waals surface area contributed by atoms with E-state index in [0.717, 1.165) is 6.08 Å². The van der Waals surface area contributed by atoms with Gasteiger partial charge in [-0.25, -0.2) is 0 Å². The number of carbonyl (C=O) groups excluding carboxylic acids is 3. The average Bonchev–Trinajstić information content (AvgIpc) is 2.10. The average molecular weight is 183 g/mol. The van der Waals surface area contributed by atoms with Crippen LogP contribution in [0.15, 0.2) is 12.2 Å². The SMILES string of the molecule is CC(=O)CCN(C)C(=O)/C=C\C=O. The summed E-state index contributed by atoms with van der Waals surface area (Å²) in [5.41, 5.74) is 0. The first-order valence-corrected chi connectivity index (χ1v) is 3.94. The maximum Gasteiger partial charge on any atom is 0.246 e. The normalized spacial score (nSPS) is 10.0. The molecule has 72 valence electrons. The first-order valence-electron chi connectivity index (χ1n) is 3.94. The molecule has 0 bridgehead atoms. The molecule has 0 atom stereocenters. The number of carbonyl (C=O) groups is 3. The fourth-order valence-electron chi connectivity index (χ4n) is 0.684. The van der Waals surface area contributed by atoms with Gasteiger partial charge < -0.3 is 4.90 Å². The Labute approximate surface area is 77.2 Å². The molecule has 0 spiro atoms. The van der Waals surface area contributed by atoms with Crippen molar-refractivity contribution in [2.24, 2.45) is 0 Å². The summed E-state index contributed by atoms with van der Waals surface area (Å²) in [6.45, 7) is 1.86. The molecule has 0 radical (unpaired) electrons. The molecule has 4 heteroatoms. The van der Waals surface area contributed by atoms with Crippen LogP contribution in [0.25, 0.3) is 0 Å². The minimum atomic E-state index is -0.270. The van der Waals surface area contributed by atoms with Gasteiger partial charge in [0.05, 0.1) is 0 Å². The van der Waals surface area contributed by atoms with E-state index in [4.69, 9.17) is 0 Å². The molecule has 0 N–H and O–H groups in total. The number of allylic oxidation sites excluding steroid dienone is 1. The van der Waals surface area contributed by atoms with E-state index < -0.39 is 0 Å². The summed E-state index contributed by atoms with van der Waals surface area (Å²) in [5.74, 6) is -0.229. The van der Waals surface area contributed by atoms with E-state index in [0.29, 0.717) is 19.3 Å². The van der Waals surface area contributed by atoms with Crippen LogP contribution in [0.5, 0.6) is 0 Å². The fraction of sp³-hybridized carbons (Fsp3) is 0.444. The Bertz CT molecular complexity index is 233. The molecule has 0 aliphatic heterocycles. The summed E-state index contributed by atoms with van der Waals surface area (Å²) in [7, 11) is 1.58. The second-order valence-electron chi connectivity index (χ2n) is 2.71. The van der Waals surface area contributed by atoms with E-state index in [2.05, 4.69) is 0 Å². The van der Waals surface area contributed by atoms with Crippen LogP contribution in [-0.2, 0) is 14.4 Å². The van der Waals surface area contributed by atoms with Gasteiger partial charge in [0.25, 0.3) is 0 Å². The van der Waals surface area contributed by atoms with E-state index in [1.165, 1.54) is 17.9 Å². The zero-order valence-electron chi connectivity index (χ0n) is 7.82. The minimum Gasteiger partial charge on any atom is -0.342 e. The summed E-state index contributed by atoms with van der Waals surface area (Å²) >= 11 is 0. The molecule has 0 saturated carbocycles. The Kier molecular flexibility index (Phi) is 5.43. The molecule has 0 heterocycles. The van der Waals surface area contributed by atoms with Crippen molar-refractivity contribution in [3.63, 3.8) is 0 Å². The number of Topliss-reactive ketones (excluding diaryl/α,β-unsaturated/α-hetero) is 1. The van der Waals surface area contributed by atoms with Crippen molar-refractivity contribution < 1.29 is 14.4 Å². The standard InChI is InChI=1S/C9H13NO3/c1-8(12)5-6-10(2)9(13)4-3-7-11/h3-4,7H,5-6H2,1-2H3/b4-3-. The van der Waals surface area contributed by atoms with Gasteiger partial charge in [-0.15, -0.1) is 0 Å². The van der Waals surface area contributed by atoms with Crippen molar-refractivity contribution in [1.29, 1.82) is 0 Å². The second-order valence-corrected chi connectivity index (χ2v) is 2.71. The number of aldehydes is 1. The van der Waals surface area contributed by atoms with Gasteiger partial charge in [-0.3, -0.25) is 14.4 Å². The first-order chi connectivity index (χ1) is 6.07. The van der Waals surface area contributed by atoms with E-state index in [-0.39, 0.29) is 11.7 Å². The highest BCUT2D eigenvalue weighted by Crippen LogP contribution is 1.90. The van der Waals surface area contributed by atoms with Crippen LogP contribution >= 0.6 is 0 Å². The van der Waals surface area contributed by atoms with Crippen molar-refractivity contribution in [1.82, 2.24) is 4.90 Å². The third-order valence-electron chi connectivity index (χ3n) is 1.49. The van der Waals surface area contributed by atoms with Crippen LogP contribution in [0.4, 0.5) is 0 Å². The molecule has 0 rings (SSSR count). The Morgan fingerprint density at radius 3 is 2.46 bits per heavy atom. The third kappa shape index (κ3) is 5.78. The zero-order chi connectivity index (χ0) is 10.3. The highest BCUT2D eigenvalue weighted by Gasteiger charge is 2.04. The number of rotatable bonds is 5. The number of nitrogens with zero attached hydrogens (tertiary/aromatic N) is 1. The van der Waals surface area contributed by atoms with Gasteiger partial charge in [0.15, 0.2) is 0 Å². The quantitative estimate of drug-likeness (QED) is 0.451. The molecule has 0 aromatic heterocycles. The lowest BCUT2D eigenvalue weighted by atomic mass is 10.3. The molecule has 4 nitrogen and oxygen atoms in total. The summed E-state index contributed by atoms with van der Waals surface area (Å²) in [6.07, 6.45) is 3.19. The van der Waals surface area contributed by atoms with Crippen molar-refractivity contribution in [3.8, 4) is 0 Å². The van der Waals surface area contributed by atoms with Crippen LogP contribution in [0.2, 0.25) is 0 Å². The Hall–Kier alpha value is -1.45. The highest BCUT2D eigenvalue weighted by atomic mass is 16.2. The van der Waals surface area contributed by atoms with Gasteiger partial charge in [0, 0.05) is 26.1 Å². The van der Waals surface area contributed by atoms with Crippen molar-refractivity contribution in [3.05, 3.63) is 12.2 Å². The van der Waals surface area contributed by atoms with Gasteiger partial charge in [-0.05, 0) is 13.0 Å². The molecule has 13 heavy (non-hydrogen) atoms. The van der Waals surface area contributed by atoms with Gasteiger partial charge in [0.1, 0.15) is 12.1 Å². The van der Waals surface area contributed by atoms with Crippen LogP contribution in [0, 0.1) is 0 Å². The summed E-state index contributed by atoms with van der Waals surface area (Å²) in [6, 6.07) is 0. The molecule has 0 unspecified atom stereocenters. The highest BCUT2D eigenvalue weighted by molar-refractivity contribution is 5.91. The summed E-state index contributed by atoms with van der Waals surface area (Å²) in [4.78, 5) is 32.9. The van der Waals surface area contributed by atoms with E-state index >= 15 is 0 Å². The Balaban J connectivity index is 3.89. The number of amides is 1. The fourth-order valence-corrected chi connectivity index (χ4v) is 0.684. The lowest BCUT2D eigenvalue weighted by molar-refractivity contribution is -0.125. The Morgan fingerprint density at radius 2 is 2.00 bits per heavy atom. The maximum atomic E-state index is 11.1. The number of hydrogen-bond acceptors (Lipinski definition) is 3. The molecular formula is C9H13NO3. The topological polar surface area (TPSA) is 54.5 Å². The molecule has 0 aliphatic carbocycles. The lowest BCUT2D eigenvalue weighted by Crippen LogP contribution is -2.26. The van der Waals surface area contributed by atoms with E-state index in [1.807, 2.05) is 0 Å². The molecule has 0 aromatic carbocycles. The summed E-state index contributed by atoms with van der Waals surface area (Å²) < 4.78 is 0. The number of hydrogen-bond donors (Lipinski definition) is 0. The molecular weight excluding hydrogens is 170 g/mol. The zero-order valence-corrected chi connectivity index (χ0v) is 7.82. The molecule has 0 aliphatic rings. The largest absolute Gasteiger partial charge is 0.342 e. The molecule has 0 fully saturated rings. The summed E-state index contributed by atoms with van der Waals surface area (Å²) in [5, 5.41) is 0. The molecule has 0 aromatic rings. The number of likely N-dealkylation sites (N-methyl/N-ethyl adjacent to an activating group) is 1. The van der Waals surface area contributed by atoms with E-state index in [9.17, 15) is 14.4 Å². The van der Waals surface area contributed by atoms with Crippen LogP contribution in [0.3, 0.4) is 0 Å². The molecule has 1 amide bonds. The van der Waals surface area contributed by atoms with Crippen LogP contribution < -0.4 is 0 Å². The Morgan fingerprint density at radius 1 is 1.38 bits per heavy atom.